The maximum atomic E-state index is 12.4. The molecule has 136 valence electrons. The fraction of sp³-hybridized carbons (Fsp3) is 0.500. The Bertz CT molecular complexity index is 643. The van der Waals surface area contributed by atoms with Crippen molar-refractivity contribution in [1.82, 2.24) is 5.32 Å². The standard InChI is InChI=1S/C20H29N3O2/c1-14(2)18-9-6-8-16(5)19(18)23-20(24)17(12-21)13-22-10-7-11-25-15(3)4/h6,8-9,13-15,22H,7,10-11H2,1-5H3,(H,23,24)/b17-13-. The summed E-state index contributed by atoms with van der Waals surface area (Å²) in [5, 5.41) is 15.1. The first-order valence-corrected chi connectivity index (χ1v) is 8.73. The van der Waals surface area contributed by atoms with Crippen LogP contribution in [0.2, 0.25) is 0 Å². The molecule has 1 rings (SSSR count). The van der Waals surface area contributed by atoms with E-state index in [-0.39, 0.29) is 17.6 Å². The highest BCUT2D eigenvalue weighted by Crippen LogP contribution is 2.27. The summed E-state index contributed by atoms with van der Waals surface area (Å²) in [7, 11) is 0. The van der Waals surface area contributed by atoms with E-state index in [1.54, 1.807) is 0 Å². The Labute approximate surface area is 151 Å². The van der Waals surface area contributed by atoms with Crippen LogP contribution in [0.1, 0.15) is 51.2 Å². The first kappa shape index (κ1) is 20.7. The summed E-state index contributed by atoms with van der Waals surface area (Å²) >= 11 is 0. The van der Waals surface area contributed by atoms with E-state index in [0.29, 0.717) is 13.2 Å². The molecule has 5 heteroatoms. The van der Waals surface area contributed by atoms with Crippen molar-refractivity contribution in [2.24, 2.45) is 0 Å². The highest BCUT2D eigenvalue weighted by atomic mass is 16.5. The predicted molar refractivity (Wildman–Crippen MR) is 101 cm³/mol. The molecule has 0 radical (unpaired) electrons. The normalized spacial score (nSPS) is 11.5. The van der Waals surface area contributed by atoms with Gasteiger partial charge in [-0.05, 0) is 44.2 Å². The van der Waals surface area contributed by atoms with Gasteiger partial charge >= 0.3 is 0 Å². The average Bonchev–Trinajstić information content (AvgIpc) is 2.55. The maximum Gasteiger partial charge on any atom is 0.267 e. The van der Waals surface area contributed by atoms with Gasteiger partial charge in [-0.1, -0.05) is 32.0 Å². The second kappa shape index (κ2) is 10.5. The van der Waals surface area contributed by atoms with E-state index in [9.17, 15) is 10.1 Å². The van der Waals surface area contributed by atoms with Crippen LogP contribution in [0.25, 0.3) is 0 Å². The van der Waals surface area contributed by atoms with Crippen LogP contribution in [0.15, 0.2) is 30.0 Å². The Morgan fingerprint density at radius 3 is 2.64 bits per heavy atom. The molecule has 0 aliphatic rings. The largest absolute Gasteiger partial charge is 0.390 e. The van der Waals surface area contributed by atoms with Gasteiger partial charge in [0.1, 0.15) is 11.6 Å². The highest BCUT2D eigenvalue weighted by Gasteiger charge is 2.14. The third-order valence-electron chi connectivity index (χ3n) is 3.69. The SMILES string of the molecule is Cc1cccc(C(C)C)c1NC(=O)/C(C#N)=C\NCCCOC(C)C. The summed E-state index contributed by atoms with van der Waals surface area (Å²) < 4.78 is 5.45. The minimum atomic E-state index is -0.398. The van der Waals surface area contributed by atoms with E-state index in [1.807, 2.05) is 45.0 Å². The molecule has 0 fully saturated rings. The van der Waals surface area contributed by atoms with E-state index in [4.69, 9.17) is 4.74 Å². The number of benzene rings is 1. The van der Waals surface area contributed by atoms with Gasteiger partial charge in [-0.15, -0.1) is 0 Å². The molecule has 0 saturated heterocycles. The third kappa shape index (κ3) is 6.98. The van der Waals surface area contributed by atoms with Gasteiger partial charge in [-0.25, -0.2) is 0 Å². The van der Waals surface area contributed by atoms with E-state index in [2.05, 4.69) is 24.5 Å². The van der Waals surface area contributed by atoms with Crippen molar-refractivity contribution in [3.8, 4) is 6.07 Å². The van der Waals surface area contributed by atoms with Gasteiger partial charge in [0.05, 0.1) is 6.10 Å². The zero-order valence-electron chi connectivity index (χ0n) is 15.8. The first-order chi connectivity index (χ1) is 11.9. The van der Waals surface area contributed by atoms with Gasteiger partial charge in [0.15, 0.2) is 0 Å². The molecule has 0 aliphatic heterocycles. The summed E-state index contributed by atoms with van der Waals surface area (Å²) in [5.74, 6) is -0.117. The van der Waals surface area contributed by atoms with Gasteiger partial charge < -0.3 is 15.4 Å². The van der Waals surface area contributed by atoms with Crippen LogP contribution < -0.4 is 10.6 Å². The fourth-order valence-electron chi connectivity index (χ4n) is 2.34. The van der Waals surface area contributed by atoms with E-state index in [1.165, 1.54) is 6.20 Å². The van der Waals surface area contributed by atoms with Crippen LogP contribution in [0, 0.1) is 18.3 Å². The minimum Gasteiger partial charge on any atom is -0.390 e. The number of para-hydroxylation sites is 1. The summed E-state index contributed by atoms with van der Waals surface area (Å²) in [6.45, 7) is 11.4. The number of ether oxygens (including phenoxy) is 1. The lowest BCUT2D eigenvalue weighted by atomic mass is 9.98. The number of amides is 1. The number of rotatable bonds is 9. The Kier molecular flexibility index (Phi) is 8.73. The number of anilines is 1. The van der Waals surface area contributed by atoms with Crippen LogP contribution in [0.3, 0.4) is 0 Å². The molecule has 2 N–H and O–H groups in total. The monoisotopic (exact) mass is 343 g/mol. The predicted octanol–water partition coefficient (Wildman–Crippen LogP) is 3.87. The molecule has 0 unspecified atom stereocenters. The van der Waals surface area contributed by atoms with Crippen molar-refractivity contribution in [3.63, 3.8) is 0 Å². The van der Waals surface area contributed by atoms with Crippen molar-refractivity contribution >= 4 is 11.6 Å². The Morgan fingerprint density at radius 1 is 1.32 bits per heavy atom. The van der Waals surface area contributed by atoms with Gasteiger partial charge in [-0.3, -0.25) is 4.79 Å². The number of carbonyl (C=O) groups is 1. The van der Waals surface area contributed by atoms with Gasteiger partial charge in [0, 0.05) is 25.0 Å². The second-order valence-corrected chi connectivity index (χ2v) is 6.55. The summed E-state index contributed by atoms with van der Waals surface area (Å²) in [6, 6.07) is 7.87. The Hall–Kier alpha value is -2.32. The number of nitriles is 1. The van der Waals surface area contributed by atoms with Gasteiger partial charge in [-0.2, -0.15) is 5.26 Å². The molecular weight excluding hydrogens is 314 g/mol. The lowest BCUT2D eigenvalue weighted by Crippen LogP contribution is -2.19. The summed E-state index contributed by atoms with van der Waals surface area (Å²) in [5.41, 5.74) is 2.89. The van der Waals surface area contributed by atoms with Crippen LogP contribution in [-0.2, 0) is 9.53 Å². The molecule has 1 aromatic carbocycles. The Balaban J connectivity index is 2.69. The van der Waals surface area contributed by atoms with Crippen molar-refractivity contribution in [3.05, 3.63) is 41.1 Å². The zero-order valence-corrected chi connectivity index (χ0v) is 15.8. The van der Waals surface area contributed by atoms with Crippen molar-refractivity contribution in [1.29, 1.82) is 5.26 Å². The molecule has 0 atom stereocenters. The van der Waals surface area contributed by atoms with Crippen LogP contribution >= 0.6 is 0 Å². The lowest BCUT2D eigenvalue weighted by molar-refractivity contribution is -0.112. The topological polar surface area (TPSA) is 74.2 Å². The number of aryl methyl sites for hydroxylation is 1. The number of hydrogen-bond donors (Lipinski definition) is 2. The molecule has 0 bridgehead atoms. The fourth-order valence-corrected chi connectivity index (χ4v) is 2.34. The van der Waals surface area contributed by atoms with E-state index >= 15 is 0 Å². The number of nitrogens with one attached hydrogen (secondary N) is 2. The van der Waals surface area contributed by atoms with Crippen molar-refractivity contribution in [2.45, 2.75) is 53.1 Å². The van der Waals surface area contributed by atoms with E-state index < -0.39 is 5.91 Å². The maximum absolute atomic E-state index is 12.4. The molecule has 5 nitrogen and oxygen atoms in total. The Morgan fingerprint density at radius 2 is 2.04 bits per heavy atom. The molecule has 0 spiro atoms. The van der Waals surface area contributed by atoms with Gasteiger partial charge in [0.25, 0.3) is 5.91 Å². The first-order valence-electron chi connectivity index (χ1n) is 8.73. The zero-order chi connectivity index (χ0) is 18.8. The molecule has 0 aliphatic carbocycles. The summed E-state index contributed by atoms with van der Waals surface area (Å²) in [6.07, 6.45) is 2.49. The van der Waals surface area contributed by atoms with Gasteiger partial charge in [0.2, 0.25) is 0 Å². The molecule has 0 saturated carbocycles. The quantitative estimate of drug-likeness (QED) is 0.405. The van der Waals surface area contributed by atoms with Crippen molar-refractivity contribution < 1.29 is 9.53 Å². The van der Waals surface area contributed by atoms with Crippen molar-refractivity contribution in [2.75, 3.05) is 18.5 Å². The van der Waals surface area contributed by atoms with Crippen LogP contribution in [0.5, 0.6) is 0 Å². The number of hydrogen-bond acceptors (Lipinski definition) is 4. The lowest BCUT2D eigenvalue weighted by Gasteiger charge is -2.16. The smallest absolute Gasteiger partial charge is 0.267 e. The van der Waals surface area contributed by atoms with Crippen LogP contribution in [0.4, 0.5) is 5.69 Å². The summed E-state index contributed by atoms with van der Waals surface area (Å²) in [4.78, 5) is 12.4. The van der Waals surface area contributed by atoms with E-state index in [0.717, 1.165) is 23.2 Å². The average molecular weight is 343 g/mol. The number of nitrogens with zero attached hydrogens (tertiary/aromatic N) is 1. The molecule has 25 heavy (non-hydrogen) atoms. The number of carbonyl (C=O) groups excluding carboxylic acids is 1. The highest BCUT2D eigenvalue weighted by molar-refractivity contribution is 6.07. The molecule has 0 aromatic heterocycles. The molecule has 0 heterocycles. The van der Waals surface area contributed by atoms with Crippen LogP contribution in [-0.4, -0.2) is 25.2 Å². The third-order valence-corrected chi connectivity index (χ3v) is 3.69. The molecule has 1 amide bonds. The minimum absolute atomic E-state index is 0.0581. The molecular formula is C20H29N3O2. The molecule has 1 aromatic rings. The second-order valence-electron chi connectivity index (χ2n) is 6.55.